The molecule has 0 spiro atoms. The van der Waals surface area contributed by atoms with Gasteiger partial charge in [0.2, 0.25) is 0 Å². The van der Waals surface area contributed by atoms with Crippen LogP contribution < -0.4 is 5.56 Å². The van der Waals surface area contributed by atoms with E-state index in [0.29, 0.717) is 19.6 Å². The Morgan fingerprint density at radius 3 is 2.57 bits per heavy atom. The maximum Gasteiger partial charge on any atom is 0.257 e. The Balaban J connectivity index is 1.55. The lowest BCUT2D eigenvalue weighted by Gasteiger charge is -2.30. The highest BCUT2D eigenvalue weighted by Crippen LogP contribution is 2.26. The number of hydrogen-bond donors (Lipinski definition) is 1. The SMILES string of the molecule is O=c1c2c(c3cccnc3n1Cc1ccccc1)CCN(Cc1cccc(O)c1)C2. The number of hydrogen-bond acceptors (Lipinski definition) is 4. The Bertz CT molecular complexity index is 1260. The first kappa shape index (κ1) is 18.6. The lowest BCUT2D eigenvalue weighted by Crippen LogP contribution is -2.37. The maximum absolute atomic E-state index is 13.5. The van der Waals surface area contributed by atoms with Crippen molar-refractivity contribution in [2.24, 2.45) is 0 Å². The molecule has 1 aliphatic heterocycles. The Kier molecular flexibility index (Phi) is 4.81. The predicted molar refractivity (Wildman–Crippen MR) is 117 cm³/mol. The van der Waals surface area contributed by atoms with Crippen molar-refractivity contribution in [3.05, 3.63) is 106 Å². The Labute approximate surface area is 174 Å². The number of aromatic nitrogens is 2. The van der Waals surface area contributed by atoms with Crippen LogP contribution in [0.4, 0.5) is 0 Å². The number of phenolic OH excluding ortho intramolecular Hbond substituents is 1. The molecule has 30 heavy (non-hydrogen) atoms. The van der Waals surface area contributed by atoms with Crippen LogP contribution in [0.15, 0.2) is 77.7 Å². The quantitative estimate of drug-likeness (QED) is 0.570. The summed E-state index contributed by atoms with van der Waals surface area (Å²) in [4.78, 5) is 20.4. The Morgan fingerprint density at radius 2 is 1.73 bits per heavy atom. The third-order valence-corrected chi connectivity index (χ3v) is 5.80. The summed E-state index contributed by atoms with van der Waals surface area (Å²) in [5, 5.41) is 10.8. The summed E-state index contributed by atoms with van der Waals surface area (Å²) in [6.07, 6.45) is 2.57. The molecule has 0 fully saturated rings. The molecule has 0 bridgehead atoms. The van der Waals surface area contributed by atoms with E-state index in [-0.39, 0.29) is 11.3 Å². The van der Waals surface area contributed by atoms with Gasteiger partial charge in [0, 0.05) is 36.8 Å². The fourth-order valence-electron chi connectivity index (χ4n) is 4.38. The normalized spacial score (nSPS) is 14.0. The Morgan fingerprint density at radius 1 is 0.900 bits per heavy atom. The van der Waals surface area contributed by atoms with Crippen LogP contribution in [0.1, 0.15) is 22.3 Å². The second-order valence-corrected chi connectivity index (χ2v) is 7.84. The highest BCUT2D eigenvalue weighted by molar-refractivity contribution is 5.80. The maximum atomic E-state index is 13.5. The number of phenols is 1. The number of fused-ring (bicyclic) bond motifs is 3. The van der Waals surface area contributed by atoms with Gasteiger partial charge in [-0.1, -0.05) is 42.5 Å². The van der Waals surface area contributed by atoms with Gasteiger partial charge in [-0.25, -0.2) is 4.98 Å². The molecule has 0 unspecified atom stereocenters. The van der Waals surface area contributed by atoms with Crippen molar-refractivity contribution >= 4 is 11.0 Å². The molecule has 0 saturated heterocycles. The van der Waals surface area contributed by atoms with Crippen molar-refractivity contribution in [2.75, 3.05) is 6.54 Å². The van der Waals surface area contributed by atoms with Gasteiger partial charge in [-0.2, -0.15) is 0 Å². The fourth-order valence-corrected chi connectivity index (χ4v) is 4.38. The highest BCUT2D eigenvalue weighted by Gasteiger charge is 2.24. The second kappa shape index (κ2) is 7.76. The number of benzene rings is 2. The van der Waals surface area contributed by atoms with E-state index in [4.69, 9.17) is 0 Å². The molecule has 5 nitrogen and oxygen atoms in total. The standard InChI is InChI=1S/C25H23N3O2/c29-20-9-4-8-19(14-20)15-27-13-11-21-22-10-5-12-26-24(22)28(25(30)23(21)17-27)16-18-6-2-1-3-7-18/h1-10,12,14,29H,11,13,15-17H2. The molecule has 0 aliphatic carbocycles. The first-order valence-electron chi connectivity index (χ1n) is 10.2. The zero-order chi connectivity index (χ0) is 20.5. The van der Waals surface area contributed by atoms with E-state index < -0.39 is 0 Å². The van der Waals surface area contributed by atoms with E-state index >= 15 is 0 Å². The van der Waals surface area contributed by atoms with E-state index in [1.807, 2.05) is 48.5 Å². The molecule has 0 atom stereocenters. The van der Waals surface area contributed by atoms with Crippen LogP contribution in [-0.4, -0.2) is 26.1 Å². The molecule has 1 N–H and O–H groups in total. The van der Waals surface area contributed by atoms with Crippen molar-refractivity contribution in [1.29, 1.82) is 0 Å². The Hall–Kier alpha value is -3.44. The van der Waals surface area contributed by atoms with Crippen molar-refractivity contribution in [1.82, 2.24) is 14.5 Å². The molecule has 3 heterocycles. The summed E-state index contributed by atoms with van der Waals surface area (Å²) in [5.41, 5.74) is 4.91. The minimum Gasteiger partial charge on any atom is -0.508 e. The first-order valence-corrected chi connectivity index (χ1v) is 10.2. The number of pyridine rings is 2. The van der Waals surface area contributed by atoms with Crippen LogP contribution >= 0.6 is 0 Å². The average Bonchev–Trinajstić information content (AvgIpc) is 2.77. The summed E-state index contributed by atoms with van der Waals surface area (Å²) < 4.78 is 1.81. The van der Waals surface area contributed by atoms with E-state index in [1.165, 1.54) is 0 Å². The fraction of sp³-hybridized carbons (Fsp3) is 0.200. The molecule has 2 aromatic carbocycles. The second-order valence-electron chi connectivity index (χ2n) is 7.84. The highest BCUT2D eigenvalue weighted by atomic mass is 16.3. The molecule has 1 aliphatic rings. The third-order valence-electron chi connectivity index (χ3n) is 5.80. The summed E-state index contributed by atoms with van der Waals surface area (Å²) >= 11 is 0. The van der Waals surface area contributed by atoms with Crippen molar-refractivity contribution in [2.45, 2.75) is 26.1 Å². The van der Waals surface area contributed by atoms with Gasteiger partial charge in [0.1, 0.15) is 11.4 Å². The summed E-state index contributed by atoms with van der Waals surface area (Å²) in [6.45, 7) is 2.68. The summed E-state index contributed by atoms with van der Waals surface area (Å²) in [7, 11) is 0. The molecule has 0 saturated carbocycles. The van der Waals surface area contributed by atoms with Crippen molar-refractivity contribution in [3.8, 4) is 5.75 Å². The molecule has 2 aromatic heterocycles. The third kappa shape index (κ3) is 3.48. The molecule has 4 aromatic rings. The number of rotatable bonds is 4. The average molecular weight is 397 g/mol. The van der Waals surface area contributed by atoms with Gasteiger partial charge in [0.05, 0.1) is 6.54 Å². The lowest BCUT2D eigenvalue weighted by atomic mass is 9.97. The topological polar surface area (TPSA) is 58.4 Å². The van der Waals surface area contributed by atoms with Gasteiger partial charge < -0.3 is 5.11 Å². The molecule has 5 rings (SSSR count). The largest absolute Gasteiger partial charge is 0.508 e. The van der Waals surface area contributed by atoms with Crippen molar-refractivity contribution in [3.63, 3.8) is 0 Å². The summed E-state index contributed by atoms with van der Waals surface area (Å²) in [5.74, 6) is 0.271. The van der Waals surface area contributed by atoms with Crippen LogP contribution in [0, 0.1) is 0 Å². The zero-order valence-electron chi connectivity index (χ0n) is 16.7. The molecule has 5 heteroatoms. The van der Waals surface area contributed by atoms with E-state index in [1.54, 1.807) is 22.9 Å². The van der Waals surface area contributed by atoms with Crippen LogP contribution in [-0.2, 0) is 26.1 Å². The van der Waals surface area contributed by atoms with E-state index in [0.717, 1.165) is 46.3 Å². The molecular formula is C25H23N3O2. The number of aromatic hydroxyl groups is 1. The number of nitrogens with zero attached hydrogens (tertiary/aromatic N) is 3. The van der Waals surface area contributed by atoms with Crippen LogP contribution in [0.3, 0.4) is 0 Å². The van der Waals surface area contributed by atoms with Gasteiger partial charge in [-0.15, -0.1) is 0 Å². The molecular weight excluding hydrogens is 374 g/mol. The monoisotopic (exact) mass is 397 g/mol. The predicted octanol–water partition coefficient (Wildman–Crippen LogP) is 3.71. The smallest absolute Gasteiger partial charge is 0.257 e. The van der Waals surface area contributed by atoms with E-state index in [9.17, 15) is 9.90 Å². The minimum absolute atomic E-state index is 0.0423. The molecule has 0 amide bonds. The van der Waals surface area contributed by atoms with Gasteiger partial charge in [0.15, 0.2) is 0 Å². The van der Waals surface area contributed by atoms with Gasteiger partial charge in [0.25, 0.3) is 5.56 Å². The van der Waals surface area contributed by atoms with Crippen LogP contribution in [0.2, 0.25) is 0 Å². The summed E-state index contributed by atoms with van der Waals surface area (Å²) in [6, 6.07) is 21.4. The van der Waals surface area contributed by atoms with E-state index in [2.05, 4.69) is 16.0 Å². The molecule has 0 radical (unpaired) electrons. The molecule has 150 valence electrons. The van der Waals surface area contributed by atoms with Gasteiger partial charge >= 0.3 is 0 Å². The zero-order valence-corrected chi connectivity index (χ0v) is 16.7. The van der Waals surface area contributed by atoms with Crippen molar-refractivity contribution < 1.29 is 5.11 Å². The van der Waals surface area contributed by atoms with Gasteiger partial charge in [-0.3, -0.25) is 14.3 Å². The minimum atomic E-state index is 0.0423. The van der Waals surface area contributed by atoms with Gasteiger partial charge in [-0.05, 0) is 47.4 Å². The lowest BCUT2D eigenvalue weighted by molar-refractivity contribution is 0.244. The van der Waals surface area contributed by atoms with Crippen LogP contribution in [0.5, 0.6) is 5.75 Å². The first-order chi connectivity index (χ1) is 14.7. The van der Waals surface area contributed by atoms with Crippen LogP contribution in [0.25, 0.3) is 11.0 Å².